The van der Waals surface area contributed by atoms with Crippen LogP contribution in [0.3, 0.4) is 0 Å². The Bertz CT molecular complexity index is 501. The summed E-state index contributed by atoms with van der Waals surface area (Å²) in [6.07, 6.45) is 2.70. The van der Waals surface area contributed by atoms with Gasteiger partial charge in [0.2, 0.25) is 0 Å². The molecule has 0 amide bonds. The highest BCUT2D eigenvalue weighted by Crippen LogP contribution is 2.13. The van der Waals surface area contributed by atoms with Gasteiger partial charge in [-0.05, 0) is 25.8 Å². The second kappa shape index (κ2) is 6.48. The molecule has 1 aromatic heterocycles. The zero-order chi connectivity index (χ0) is 13.7. The Labute approximate surface area is 114 Å². The SMILES string of the molecule is CCCn1ncnc1CN[C@@H](C)c1ccc(C)cc1. The van der Waals surface area contributed by atoms with Gasteiger partial charge in [-0.25, -0.2) is 9.67 Å². The van der Waals surface area contributed by atoms with Crippen molar-refractivity contribution in [2.75, 3.05) is 0 Å². The van der Waals surface area contributed by atoms with Crippen LogP contribution in [0.4, 0.5) is 0 Å². The second-order valence-electron chi connectivity index (χ2n) is 4.91. The molecule has 0 saturated heterocycles. The van der Waals surface area contributed by atoms with E-state index >= 15 is 0 Å². The molecule has 0 spiro atoms. The number of nitrogens with zero attached hydrogens (tertiary/aromatic N) is 3. The van der Waals surface area contributed by atoms with E-state index in [-0.39, 0.29) is 0 Å². The van der Waals surface area contributed by atoms with Crippen LogP contribution in [-0.2, 0) is 13.1 Å². The Morgan fingerprint density at radius 1 is 1.26 bits per heavy atom. The van der Waals surface area contributed by atoms with Crippen LogP contribution in [0.5, 0.6) is 0 Å². The monoisotopic (exact) mass is 258 g/mol. The normalized spacial score (nSPS) is 12.6. The topological polar surface area (TPSA) is 42.7 Å². The number of aromatic nitrogens is 3. The van der Waals surface area contributed by atoms with Gasteiger partial charge in [-0.3, -0.25) is 0 Å². The smallest absolute Gasteiger partial charge is 0.140 e. The van der Waals surface area contributed by atoms with Crippen molar-refractivity contribution in [3.05, 3.63) is 47.5 Å². The van der Waals surface area contributed by atoms with Crippen molar-refractivity contribution in [3.8, 4) is 0 Å². The minimum atomic E-state index is 0.312. The highest BCUT2D eigenvalue weighted by Gasteiger charge is 2.07. The summed E-state index contributed by atoms with van der Waals surface area (Å²) in [4.78, 5) is 4.30. The molecule has 1 aromatic carbocycles. The molecule has 1 atom stereocenters. The molecule has 2 rings (SSSR count). The molecule has 4 heteroatoms. The standard InChI is InChI=1S/C15H22N4/c1-4-9-19-15(17-11-18-19)10-16-13(3)14-7-5-12(2)6-8-14/h5-8,11,13,16H,4,9-10H2,1-3H3/t13-/m0/s1. The summed E-state index contributed by atoms with van der Waals surface area (Å²) in [6, 6.07) is 8.95. The van der Waals surface area contributed by atoms with Gasteiger partial charge in [-0.1, -0.05) is 36.8 Å². The van der Waals surface area contributed by atoms with Gasteiger partial charge < -0.3 is 5.32 Å². The summed E-state index contributed by atoms with van der Waals surface area (Å²) in [5, 5.41) is 7.73. The fourth-order valence-corrected chi connectivity index (χ4v) is 2.04. The lowest BCUT2D eigenvalue weighted by molar-refractivity contribution is 0.509. The molecule has 0 aliphatic heterocycles. The van der Waals surface area contributed by atoms with Crippen LogP contribution in [0, 0.1) is 6.92 Å². The minimum Gasteiger partial charge on any atom is -0.303 e. The number of aryl methyl sites for hydroxylation is 2. The van der Waals surface area contributed by atoms with Crippen LogP contribution < -0.4 is 5.32 Å². The Morgan fingerprint density at radius 2 is 2.00 bits per heavy atom. The van der Waals surface area contributed by atoms with Gasteiger partial charge in [0.15, 0.2) is 0 Å². The fourth-order valence-electron chi connectivity index (χ4n) is 2.04. The maximum atomic E-state index is 4.30. The average molecular weight is 258 g/mol. The first-order valence-electron chi connectivity index (χ1n) is 6.87. The zero-order valence-electron chi connectivity index (χ0n) is 11.9. The molecule has 0 radical (unpaired) electrons. The van der Waals surface area contributed by atoms with E-state index in [0.29, 0.717) is 6.04 Å². The lowest BCUT2D eigenvalue weighted by atomic mass is 10.1. The molecule has 0 bridgehead atoms. The van der Waals surface area contributed by atoms with Crippen LogP contribution in [0.2, 0.25) is 0 Å². The van der Waals surface area contributed by atoms with Gasteiger partial charge in [0.25, 0.3) is 0 Å². The summed E-state index contributed by atoms with van der Waals surface area (Å²) >= 11 is 0. The maximum absolute atomic E-state index is 4.30. The quantitative estimate of drug-likeness (QED) is 0.866. The summed E-state index contributed by atoms with van der Waals surface area (Å²) in [5.41, 5.74) is 2.59. The third-order valence-corrected chi connectivity index (χ3v) is 3.27. The predicted molar refractivity (Wildman–Crippen MR) is 76.7 cm³/mol. The molecule has 0 fully saturated rings. The Kier molecular flexibility index (Phi) is 4.68. The summed E-state index contributed by atoms with van der Waals surface area (Å²) < 4.78 is 1.97. The molecule has 19 heavy (non-hydrogen) atoms. The summed E-state index contributed by atoms with van der Waals surface area (Å²) in [6.45, 7) is 8.10. The Balaban J connectivity index is 1.94. The maximum Gasteiger partial charge on any atom is 0.140 e. The second-order valence-corrected chi connectivity index (χ2v) is 4.91. The molecule has 4 nitrogen and oxygen atoms in total. The Morgan fingerprint density at radius 3 is 2.68 bits per heavy atom. The van der Waals surface area contributed by atoms with Crippen molar-refractivity contribution in [1.29, 1.82) is 0 Å². The largest absolute Gasteiger partial charge is 0.303 e. The van der Waals surface area contributed by atoms with Gasteiger partial charge in [-0.2, -0.15) is 5.10 Å². The third-order valence-electron chi connectivity index (χ3n) is 3.27. The zero-order valence-corrected chi connectivity index (χ0v) is 11.9. The molecular formula is C15H22N4. The number of rotatable bonds is 6. The van der Waals surface area contributed by atoms with E-state index in [2.05, 4.69) is 60.4 Å². The first-order chi connectivity index (χ1) is 9.20. The molecule has 102 valence electrons. The summed E-state index contributed by atoms with van der Waals surface area (Å²) in [7, 11) is 0. The molecule has 2 aromatic rings. The predicted octanol–water partition coefficient (Wildman–Crippen LogP) is 2.85. The Hall–Kier alpha value is -1.68. The van der Waals surface area contributed by atoms with E-state index in [1.54, 1.807) is 6.33 Å². The van der Waals surface area contributed by atoms with E-state index in [4.69, 9.17) is 0 Å². The number of benzene rings is 1. The lowest BCUT2D eigenvalue weighted by Gasteiger charge is -2.14. The summed E-state index contributed by atoms with van der Waals surface area (Å²) in [5.74, 6) is 1.00. The minimum absolute atomic E-state index is 0.312. The average Bonchev–Trinajstić information content (AvgIpc) is 2.85. The van der Waals surface area contributed by atoms with Crippen molar-refractivity contribution in [3.63, 3.8) is 0 Å². The number of hydrogen-bond donors (Lipinski definition) is 1. The molecule has 0 aliphatic rings. The van der Waals surface area contributed by atoms with Crippen molar-refractivity contribution in [2.24, 2.45) is 0 Å². The third kappa shape index (κ3) is 3.64. The van der Waals surface area contributed by atoms with Crippen molar-refractivity contribution >= 4 is 0 Å². The van der Waals surface area contributed by atoms with Crippen LogP contribution in [0.1, 0.15) is 43.3 Å². The first kappa shape index (κ1) is 13.7. The van der Waals surface area contributed by atoms with Crippen LogP contribution in [0.25, 0.3) is 0 Å². The van der Waals surface area contributed by atoms with E-state index < -0.39 is 0 Å². The van der Waals surface area contributed by atoms with Crippen LogP contribution >= 0.6 is 0 Å². The molecular weight excluding hydrogens is 236 g/mol. The lowest BCUT2D eigenvalue weighted by Crippen LogP contribution is -2.21. The van der Waals surface area contributed by atoms with Gasteiger partial charge in [-0.15, -0.1) is 0 Å². The van der Waals surface area contributed by atoms with Crippen molar-refractivity contribution in [1.82, 2.24) is 20.1 Å². The molecule has 0 aliphatic carbocycles. The molecule has 1 N–H and O–H groups in total. The van der Waals surface area contributed by atoms with Gasteiger partial charge >= 0.3 is 0 Å². The van der Waals surface area contributed by atoms with Gasteiger partial charge in [0.05, 0.1) is 6.54 Å². The molecule has 0 unspecified atom stereocenters. The van der Waals surface area contributed by atoms with Crippen LogP contribution in [-0.4, -0.2) is 14.8 Å². The van der Waals surface area contributed by atoms with E-state index in [1.165, 1.54) is 11.1 Å². The highest BCUT2D eigenvalue weighted by atomic mass is 15.3. The fraction of sp³-hybridized carbons (Fsp3) is 0.467. The number of nitrogens with one attached hydrogen (secondary N) is 1. The number of hydrogen-bond acceptors (Lipinski definition) is 3. The van der Waals surface area contributed by atoms with Gasteiger partial charge in [0.1, 0.15) is 12.2 Å². The van der Waals surface area contributed by atoms with Gasteiger partial charge in [0, 0.05) is 12.6 Å². The molecule has 0 saturated carbocycles. The first-order valence-corrected chi connectivity index (χ1v) is 6.87. The highest BCUT2D eigenvalue weighted by molar-refractivity contribution is 5.23. The van der Waals surface area contributed by atoms with Crippen LogP contribution in [0.15, 0.2) is 30.6 Å². The van der Waals surface area contributed by atoms with Crippen molar-refractivity contribution in [2.45, 2.75) is 46.3 Å². The van der Waals surface area contributed by atoms with E-state index in [1.807, 2.05) is 4.68 Å². The van der Waals surface area contributed by atoms with Crippen molar-refractivity contribution < 1.29 is 0 Å². The van der Waals surface area contributed by atoms with E-state index in [9.17, 15) is 0 Å². The molecule has 1 heterocycles. The van der Waals surface area contributed by atoms with E-state index in [0.717, 1.165) is 25.3 Å².